The van der Waals surface area contributed by atoms with E-state index in [0.29, 0.717) is 12.3 Å². The van der Waals surface area contributed by atoms with Gasteiger partial charge >= 0.3 is 0 Å². The van der Waals surface area contributed by atoms with Crippen LogP contribution < -0.4 is 5.32 Å². The van der Waals surface area contributed by atoms with Crippen LogP contribution in [-0.2, 0) is 5.75 Å². The summed E-state index contributed by atoms with van der Waals surface area (Å²) < 4.78 is 6.69. The van der Waals surface area contributed by atoms with Crippen molar-refractivity contribution in [1.29, 1.82) is 0 Å². The number of furan rings is 1. The minimum absolute atomic E-state index is 0.157. The van der Waals surface area contributed by atoms with Crippen LogP contribution in [0.1, 0.15) is 15.4 Å². The van der Waals surface area contributed by atoms with E-state index < -0.39 is 0 Å². The van der Waals surface area contributed by atoms with Gasteiger partial charge in [0.15, 0.2) is 5.76 Å². The Morgan fingerprint density at radius 3 is 2.91 bits per heavy atom. The molecule has 0 fully saturated rings. The molecule has 0 radical (unpaired) electrons. The Labute approximate surface area is 145 Å². The lowest BCUT2D eigenvalue weighted by Gasteiger charge is -2.02. The third-order valence-corrected chi connectivity index (χ3v) is 5.87. The quantitative estimate of drug-likeness (QED) is 0.602. The third kappa shape index (κ3) is 3.94. The number of fused-ring (bicyclic) bond motifs is 1. The van der Waals surface area contributed by atoms with Crippen molar-refractivity contribution < 1.29 is 9.21 Å². The normalized spacial score (nSPS) is 11.0. The Hall–Kier alpha value is -1.24. The maximum atomic E-state index is 12.0. The number of para-hydroxylation sites is 1. The maximum Gasteiger partial charge on any atom is 0.287 e. The van der Waals surface area contributed by atoms with E-state index in [4.69, 9.17) is 4.42 Å². The molecule has 0 aliphatic heterocycles. The van der Waals surface area contributed by atoms with Crippen LogP contribution in [0.4, 0.5) is 0 Å². The lowest BCUT2D eigenvalue weighted by Crippen LogP contribution is -2.25. The van der Waals surface area contributed by atoms with Gasteiger partial charge in [-0.25, -0.2) is 0 Å². The Bertz CT molecular complexity index is 748. The second kappa shape index (κ2) is 7.35. The molecule has 3 nitrogen and oxygen atoms in total. The highest BCUT2D eigenvalue weighted by Crippen LogP contribution is 2.25. The molecule has 114 valence electrons. The molecule has 0 spiro atoms. The first-order chi connectivity index (χ1) is 10.7. The van der Waals surface area contributed by atoms with Gasteiger partial charge in [-0.05, 0) is 40.2 Å². The van der Waals surface area contributed by atoms with Crippen molar-refractivity contribution in [2.45, 2.75) is 5.75 Å². The predicted octanol–water partition coefficient (Wildman–Crippen LogP) is 4.92. The third-order valence-electron chi connectivity index (χ3n) is 3.05. The first-order valence-electron chi connectivity index (χ1n) is 6.81. The molecule has 6 heteroatoms. The molecule has 1 aromatic carbocycles. The Morgan fingerprint density at radius 1 is 1.27 bits per heavy atom. The van der Waals surface area contributed by atoms with Crippen molar-refractivity contribution in [3.63, 3.8) is 0 Å². The zero-order valence-corrected chi connectivity index (χ0v) is 14.9. The zero-order chi connectivity index (χ0) is 15.4. The highest BCUT2D eigenvalue weighted by molar-refractivity contribution is 9.11. The Morgan fingerprint density at radius 2 is 2.14 bits per heavy atom. The predicted molar refractivity (Wildman–Crippen MR) is 96.7 cm³/mol. The molecule has 0 aliphatic carbocycles. The van der Waals surface area contributed by atoms with Gasteiger partial charge in [-0.3, -0.25) is 4.79 Å². The summed E-state index contributed by atoms with van der Waals surface area (Å²) >= 11 is 7.01. The standard InChI is InChI=1S/C16H14BrNO2S2/c17-15-6-5-12(22-15)10-21-8-7-18-16(19)14-9-11-3-1-2-4-13(11)20-14/h1-6,9H,7-8,10H2,(H,18,19). The minimum Gasteiger partial charge on any atom is -0.451 e. The van der Waals surface area contributed by atoms with Crippen molar-refractivity contribution >= 4 is 55.9 Å². The number of hydrogen-bond donors (Lipinski definition) is 1. The molecule has 22 heavy (non-hydrogen) atoms. The number of benzene rings is 1. The summed E-state index contributed by atoms with van der Waals surface area (Å²) in [6.07, 6.45) is 0. The number of thiophene rings is 1. The fourth-order valence-corrected chi connectivity index (χ4v) is 4.47. The molecule has 1 amide bonds. The number of carbonyl (C=O) groups excluding carboxylic acids is 1. The van der Waals surface area contributed by atoms with E-state index in [0.717, 1.165) is 26.3 Å². The second-order valence-electron chi connectivity index (χ2n) is 4.66. The molecule has 2 heterocycles. The molecule has 0 saturated carbocycles. The monoisotopic (exact) mass is 395 g/mol. The topological polar surface area (TPSA) is 42.2 Å². The molecule has 0 atom stereocenters. The van der Waals surface area contributed by atoms with Crippen molar-refractivity contribution in [3.8, 4) is 0 Å². The number of carbonyl (C=O) groups is 1. The van der Waals surface area contributed by atoms with Gasteiger partial charge in [0.2, 0.25) is 0 Å². The lowest BCUT2D eigenvalue weighted by molar-refractivity contribution is 0.0930. The summed E-state index contributed by atoms with van der Waals surface area (Å²) in [6.45, 7) is 0.632. The number of nitrogens with one attached hydrogen (secondary N) is 1. The average Bonchev–Trinajstić information content (AvgIpc) is 3.12. The highest BCUT2D eigenvalue weighted by Gasteiger charge is 2.11. The average molecular weight is 396 g/mol. The Kier molecular flexibility index (Phi) is 5.23. The molecule has 1 N–H and O–H groups in total. The molecule has 3 rings (SSSR count). The number of thioether (sulfide) groups is 1. The van der Waals surface area contributed by atoms with Gasteiger partial charge in [0, 0.05) is 28.3 Å². The summed E-state index contributed by atoms with van der Waals surface area (Å²) in [5, 5.41) is 3.84. The summed E-state index contributed by atoms with van der Waals surface area (Å²) in [5.74, 6) is 2.06. The molecular weight excluding hydrogens is 382 g/mol. The van der Waals surface area contributed by atoms with Crippen LogP contribution >= 0.6 is 39.0 Å². The smallest absolute Gasteiger partial charge is 0.287 e. The number of halogens is 1. The van der Waals surface area contributed by atoms with Crippen LogP contribution in [0.25, 0.3) is 11.0 Å². The van der Waals surface area contributed by atoms with E-state index in [1.54, 1.807) is 29.2 Å². The summed E-state index contributed by atoms with van der Waals surface area (Å²) in [5.41, 5.74) is 0.741. The van der Waals surface area contributed by atoms with E-state index >= 15 is 0 Å². The van der Waals surface area contributed by atoms with Crippen LogP contribution in [0.15, 0.2) is 50.7 Å². The van der Waals surface area contributed by atoms with Crippen molar-refractivity contribution in [3.05, 3.63) is 56.9 Å². The van der Waals surface area contributed by atoms with E-state index in [-0.39, 0.29) is 5.91 Å². The Balaban J connectivity index is 1.44. The minimum atomic E-state index is -0.157. The van der Waals surface area contributed by atoms with Crippen molar-refractivity contribution in [1.82, 2.24) is 5.32 Å². The summed E-state index contributed by atoms with van der Waals surface area (Å²) in [6, 6.07) is 13.6. The molecule has 0 unspecified atom stereocenters. The maximum absolute atomic E-state index is 12.0. The van der Waals surface area contributed by atoms with Crippen molar-refractivity contribution in [2.24, 2.45) is 0 Å². The van der Waals surface area contributed by atoms with Gasteiger partial charge < -0.3 is 9.73 Å². The van der Waals surface area contributed by atoms with Crippen LogP contribution in [0.3, 0.4) is 0 Å². The van der Waals surface area contributed by atoms with E-state index in [2.05, 4.69) is 33.4 Å². The van der Waals surface area contributed by atoms with E-state index in [1.165, 1.54) is 4.88 Å². The van der Waals surface area contributed by atoms with Crippen LogP contribution in [-0.4, -0.2) is 18.2 Å². The number of hydrogen-bond acceptors (Lipinski definition) is 4. The highest BCUT2D eigenvalue weighted by atomic mass is 79.9. The van der Waals surface area contributed by atoms with Gasteiger partial charge in [0.1, 0.15) is 5.58 Å². The van der Waals surface area contributed by atoms with Gasteiger partial charge in [0.05, 0.1) is 3.79 Å². The van der Waals surface area contributed by atoms with Gasteiger partial charge in [-0.15, -0.1) is 11.3 Å². The van der Waals surface area contributed by atoms with Crippen molar-refractivity contribution in [2.75, 3.05) is 12.3 Å². The summed E-state index contributed by atoms with van der Waals surface area (Å²) in [7, 11) is 0. The molecule has 0 bridgehead atoms. The number of amides is 1. The second-order valence-corrected chi connectivity index (χ2v) is 8.32. The van der Waals surface area contributed by atoms with E-state index in [9.17, 15) is 4.79 Å². The molecule has 0 aliphatic rings. The SMILES string of the molecule is O=C(NCCSCc1ccc(Br)s1)c1cc2ccccc2o1. The van der Waals surface area contributed by atoms with E-state index in [1.807, 2.05) is 24.3 Å². The van der Waals surface area contributed by atoms with Crippen LogP contribution in [0.2, 0.25) is 0 Å². The zero-order valence-electron chi connectivity index (χ0n) is 11.7. The van der Waals surface area contributed by atoms with Crippen LogP contribution in [0, 0.1) is 0 Å². The molecule has 3 aromatic rings. The first kappa shape index (κ1) is 15.6. The number of rotatable bonds is 6. The van der Waals surface area contributed by atoms with Gasteiger partial charge in [-0.1, -0.05) is 18.2 Å². The lowest BCUT2D eigenvalue weighted by atomic mass is 10.2. The molecular formula is C16H14BrNO2S2. The molecule has 2 aromatic heterocycles. The fourth-order valence-electron chi connectivity index (χ4n) is 2.02. The first-order valence-corrected chi connectivity index (χ1v) is 9.57. The van der Waals surface area contributed by atoms with Crippen LogP contribution in [0.5, 0.6) is 0 Å². The van der Waals surface area contributed by atoms with Gasteiger partial charge in [-0.2, -0.15) is 11.8 Å². The van der Waals surface area contributed by atoms with Gasteiger partial charge in [0.25, 0.3) is 5.91 Å². The largest absolute Gasteiger partial charge is 0.451 e. The molecule has 0 saturated heterocycles. The summed E-state index contributed by atoms with van der Waals surface area (Å²) in [4.78, 5) is 13.4. The fraction of sp³-hybridized carbons (Fsp3) is 0.188.